The fraction of sp³-hybridized carbons (Fsp3) is 0.0192. The molecule has 0 atom stereocenters. The number of fused-ring (bicyclic) bond motifs is 10. The lowest BCUT2D eigenvalue weighted by Gasteiger charge is -2.30. The third-order valence-electron chi connectivity index (χ3n) is 11.4. The van der Waals surface area contributed by atoms with Crippen molar-refractivity contribution in [3.63, 3.8) is 0 Å². The van der Waals surface area contributed by atoms with Crippen LogP contribution in [0, 0.1) is 0 Å². The average molecular weight is 700 g/mol. The van der Waals surface area contributed by atoms with E-state index in [1.165, 1.54) is 50.1 Å². The smallest absolute Gasteiger partial charge is 0.160 e. The zero-order valence-electron chi connectivity index (χ0n) is 29.9. The second-order valence-corrected chi connectivity index (χ2v) is 14.4. The molecule has 2 aromatic heterocycles. The van der Waals surface area contributed by atoms with E-state index in [2.05, 4.69) is 169 Å². The van der Waals surface area contributed by atoms with Crippen molar-refractivity contribution >= 4 is 0 Å². The molecule has 0 unspecified atom stereocenters. The highest BCUT2D eigenvalue weighted by molar-refractivity contribution is 5.96. The SMILES string of the molecule is c1ccc(-c2nc(-c3ccc(-c4cccnc4)cc3)cc(-c3cccc(-c4ccc5c(c4)-c4ccccc4C54c5ccccc5-c5ccccc54)c3)n2)cc1. The van der Waals surface area contributed by atoms with Crippen molar-refractivity contribution in [2.75, 3.05) is 0 Å². The van der Waals surface area contributed by atoms with Crippen LogP contribution in [0.1, 0.15) is 22.3 Å². The maximum atomic E-state index is 5.16. The molecule has 9 aromatic rings. The van der Waals surface area contributed by atoms with Gasteiger partial charge in [-0.1, -0.05) is 164 Å². The molecule has 1 spiro atoms. The lowest BCUT2D eigenvalue weighted by molar-refractivity contribution is 0.794. The largest absolute Gasteiger partial charge is 0.264 e. The van der Waals surface area contributed by atoms with Gasteiger partial charge in [0.2, 0.25) is 0 Å². The van der Waals surface area contributed by atoms with Crippen LogP contribution in [0.25, 0.3) is 78.4 Å². The van der Waals surface area contributed by atoms with Crippen molar-refractivity contribution < 1.29 is 0 Å². The fourth-order valence-electron chi connectivity index (χ4n) is 8.96. The molecule has 256 valence electrons. The average Bonchev–Trinajstić information content (AvgIpc) is 3.74. The van der Waals surface area contributed by atoms with Crippen LogP contribution in [0.5, 0.6) is 0 Å². The first-order valence-corrected chi connectivity index (χ1v) is 18.8. The van der Waals surface area contributed by atoms with Gasteiger partial charge in [0.1, 0.15) is 0 Å². The molecule has 0 N–H and O–H groups in total. The summed E-state index contributed by atoms with van der Waals surface area (Å²) in [6.07, 6.45) is 3.69. The van der Waals surface area contributed by atoms with Gasteiger partial charge in [-0.2, -0.15) is 0 Å². The van der Waals surface area contributed by atoms with Crippen molar-refractivity contribution in [2.24, 2.45) is 0 Å². The molecule has 0 amide bonds. The first kappa shape index (κ1) is 31.3. The van der Waals surface area contributed by atoms with Gasteiger partial charge >= 0.3 is 0 Å². The third kappa shape index (κ3) is 4.87. The molecule has 7 aromatic carbocycles. The molecule has 3 nitrogen and oxygen atoms in total. The molecule has 3 heteroatoms. The number of hydrogen-bond acceptors (Lipinski definition) is 3. The van der Waals surface area contributed by atoms with E-state index in [1.54, 1.807) is 6.20 Å². The highest BCUT2D eigenvalue weighted by Gasteiger charge is 2.51. The summed E-state index contributed by atoms with van der Waals surface area (Å²) in [6, 6.07) is 67.7. The van der Waals surface area contributed by atoms with Crippen LogP contribution in [0.4, 0.5) is 0 Å². The van der Waals surface area contributed by atoms with Crippen molar-refractivity contribution in [2.45, 2.75) is 5.41 Å². The van der Waals surface area contributed by atoms with Gasteiger partial charge < -0.3 is 0 Å². The van der Waals surface area contributed by atoms with Crippen molar-refractivity contribution in [1.29, 1.82) is 0 Å². The van der Waals surface area contributed by atoms with Gasteiger partial charge in [0, 0.05) is 29.1 Å². The van der Waals surface area contributed by atoms with Crippen LogP contribution >= 0.6 is 0 Å². The Hall–Kier alpha value is -7.23. The Morgan fingerprint density at radius 3 is 1.49 bits per heavy atom. The molecule has 0 aliphatic heterocycles. The number of pyridine rings is 1. The Labute approximate surface area is 320 Å². The Morgan fingerprint density at radius 1 is 0.309 bits per heavy atom. The molecule has 2 aliphatic rings. The van der Waals surface area contributed by atoms with Gasteiger partial charge in [-0.15, -0.1) is 0 Å². The van der Waals surface area contributed by atoms with Crippen LogP contribution in [-0.2, 0) is 5.41 Å². The minimum absolute atomic E-state index is 0.346. The van der Waals surface area contributed by atoms with Crippen LogP contribution in [0.3, 0.4) is 0 Å². The molecule has 0 bridgehead atoms. The highest BCUT2D eigenvalue weighted by Crippen LogP contribution is 2.62. The molecule has 0 radical (unpaired) electrons. The van der Waals surface area contributed by atoms with E-state index in [0.717, 1.165) is 44.8 Å². The normalized spacial score (nSPS) is 12.9. The zero-order chi connectivity index (χ0) is 36.3. The van der Waals surface area contributed by atoms with E-state index in [0.29, 0.717) is 5.82 Å². The van der Waals surface area contributed by atoms with Crippen molar-refractivity contribution in [1.82, 2.24) is 15.0 Å². The van der Waals surface area contributed by atoms with Crippen LogP contribution in [-0.4, -0.2) is 15.0 Å². The summed E-state index contributed by atoms with van der Waals surface area (Å²) >= 11 is 0. The lowest BCUT2D eigenvalue weighted by atomic mass is 9.70. The molecule has 55 heavy (non-hydrogen) atoms. The summed E-state index contributed by atoms with van der Waals surface area (Å²) < 4.78 is 0. The van der Waals surface area contributed by atoms with Crippen molar-refractivity contribution in [3.05, 3.63) is 223 Å². The van der Waals surface area contributed by atoms with E-state index >= 15 is 0 Å². The Kier molecular flexibility index (Phi) is 7.08. The highest BCUT2D eigenvalue weighted by atomic mass is 14.9. The molecule has 11 rings (SSSR count). The first-order valence-electron chi connectivity index (χ1n) is 18.8. The number of rotatable bonds is 5. The van der Waals surface area contributed by atoms with Gasteiger partial charge in [0.05, 0.1) is 16.8 Å². The Morgan fingerprint density at radius 2 is 0.818 bits per heavy atom. The maximum absolute atomic E-state index is 5.16. The molecular formula is C52H33N3. The van der Waals surface area contributed by atoms with Gasteiger partial charge in [-0.05, 0) is 91.0 Å². The van der Waals surface area contributed by atoms with Gasteiger partial charge in [-0.3, -0.25) is 4.98 Å². The second-order valence-electron chi connectivity index (χ2n) is 14.4. The molecule has 0 fully saturated rings. The summed E-state index contributed by atoms with van der Waals surface area (Å²) in [4.78, 5) is 14.5. The van der Waals surface area contributed by atoms with Gasteiger partial charge in [-0.25, -0.2) is 9.97 Å². The quantitative estimate of drug-likeness (QED) is 0.179. The van der Waals surface area contributed by atoms with Gasteiger partial charge in [0.15, 0.2) is 5.82 Å². The zero-order valence-corrected chi connectivity index (χ0v) is 29.9. The lowest BCUT2D eigenvalue weighted by Crippen LogP contribution is -2.25. The molecule has 0 saturated carbocycles. The topological polar surface area (TPSA) is 38.7 Å². The molecule has 2 aliphatic carbocycles. The number of aromatic nitrogens is 3. The van der Waals surface area contributed by atoms with Gasteiger partial charge in [0.25, 0.3) is 0 Å². The standard InChI is InChI=1S/C52H33N3/c1-2-12-36(13-3-1)51-54-49(35-25-23-34(24-26-35)40-16-11-29-53-33-40)32-50(55-51)39-15-10-14-37(30-39)38-27-28-48-44(31-38)43-19-6-9-22-47(43)52(48)45-20-7-4-17-41(45)42-18-5-8-21-46(42)52/h1-33H. The predicted octanol–water partition coefficient (Wildman–Crippen LogP) is 12.6. The molecule has 0 saturated heterocycles. The van der Waals surface area contributed by atoms with E-state index in [4.69, 9.17) is 9.97 Å². The maximum Gasteiger partial charge on any atom is 0.160 e. The molecular weight excluding hydrogens is 667 g/mol. The first-order chi connectivity index (χ1) is 27.3. The van der Waals surface area contributed by atoms with Crippen LogP contribution < -0.4 is 0 Å². The number of nitrogens with zero attached hydrogens (tertiary/aromatic N) is 3. The van der Waals surface area contributed by atoms with E-state index in [9.17, 15) is 0 Å². The number of benzene rings is 7. The third-order valence-corrected chi connectivity index (χ3v) is 11.4. The summed E-state index contributed by atoms with van der Waals surface area (Å²) in [5.74, 6) is 0.700. The van der Waals surface area contributed by atoms with Crippen molar-refractivity contribution in [3.8, 4) is 78.4 Å². The Bertz CT molecular complexity index is 2870. The molecule has 2 heterocycles. The second kappa shape index (κ2) is 12.4. The number of hydrogen-bond donors (Lipinski definition) is 0. The predicted molar refractivity (Wildman–Crippen MR) is 223 cm³/mol. The Balaban J connectivity index is 1.03. The summed E-state index contributed by atoms with van der Waals surface area (Å²) in [5, 5.41) is 0. The van der Waals surface area contributed by atoms with E-state index in [1.807, 2.05) is 30.5 Å². The fourth-order valence-corrected chi connectivity index (χ4v) is 8.96. The van der Waals surface area contributed by atoms with Crippen LogP contribution in [0.15, 0.2) is 200 Å². The monoisotopic (exact) mass is 699 g/mol. The summed E-state index contributed by atoms with van der Waals surface area (Å²) in [5.41, 5.74) is 19.6. The van der Waals surface area contributed by atoms with Crippen LogP contribution in [0.2, 0.25) is 0 Å². The van der Waals surface area contributed by atoms with E-state index < -0.39 is 0 Å². The van der Waals surface area contributed by atoms with E-state index in [-0.39, 0.29) is 5.41 Å². The minimum atomic E-state index is -0.346. The minimum Gasteiger partial charge on any atom is -0.264 e. The summed E-state index contributed by atoms with van der Waals surface area (Å²) in [7, 11) is 0. The summed E-state index contributed by atoms with van der Waals surface area (Å²) in [6.45, 7) is 0.